The van der Waals surface area contributed by atoms with Crippen LogP contribution in [0, 0.1) is 5.82 Å². The number of nitrogens with one attached hydrogen (secondary N) is 2. The van der Waals surface area contributed by atoms with E-state index in [-0.39, 0.29) is 17.2 Å². The zero-order chi connectivity index (χ0) is 25.8. The second kappa shape index (κ2) is 8.73. The number of hydrogen-bond acceptors (Lipinski definition) is 8. The predicted octanol–water partition coefficient (Wildman–Crippen LogP) is 0.692. The first kappa shape index (κ1) is 24.5. The Morgan fingerprint density at radius 3 is 2.61 bits per heavy atom. The first-order valence-electron chi connectivity index (χ1n) is 11.8. The van der Waals surface area contributed by atoms with Crippen molar-refractivity contribution in [1.82, 2.24) is 14.7 Å². The van der Waals surface area contributed by atoms with E-state index in [1.165, 1.54) is 18.0 Å². The summed E-state index contributed by atoms with van der Waals surface area (Å²) >= 11 is 0. The minimum atomic E-state index is -3.66. The molecule has 2 aromatic rings. The third-order valence-corrected chi connectivity index (χ3v) is 8.52. The molecule has 1 fully saturated rings. The minimum Gasteiger partial charge on any atom is -0.476 e. The van der Waals surface area contributed by atoms with Gasteiger partial charge in [-0.1, -0.05) is 0 Å². The van der Waals surface area contributed by atoms with E-state index in [4.69, 9.17) is 9.72 Å². The molecular formula is C23H29FN6O5S. The summed E-state index contributed by atoms with van der Waals surface area (Å²) < 4.78 is 46.2. The van der Waals surface area contributed by atoms with Crippen LogP contribution in [-0.4, -0.2) is 71.0 Å². The fourth-order valence-corrected chi connectivity index (χ4v) is 5.87. The van der Waals surface area contributed by atoms with Crippen molar-refractivity contribution in [2.75, 3.05) is 61.4 Å². The second-order valence-corrected chi connectivity index (χ2v) is 11.4. The SMILES string of the molecule is CNS(=O)(=O)COc1cc(F)c2c(c1)N(C)C(=O)C21CCN(c2nc3c(c(=O)[nH]2)CCCN3C)CC1. The molecule has 0 bridgehead atoms. The number of rotatable bonds is 5. The number of likely N-dealkylation sites (N-methyl/N-ethyl adjacent to an activating group) is 1. The van der Waals surface area contributed by atoms with E-state index >= 15 is 4.39 Å². The maximum absolute atomic E-state index is 15.4. The van der Waals surface area contributed by atoms with E-state index in [0.717, 1.165) is 19.0 Å². The molecule has 5 rings (SSSR count). The van der Waals surface area contributed by atoms with Gasteiger partial charge in [-0.2, -0.15) is 4.98 Å². The Balaban J connectivity index is 1.41. The Bertz CT molecular complexity index is 1390. The number of H-pyrrole nitrogens is 1. The monoisotopic (exact) mass is 520 g/mol. The lowest BCUT2D eigenvalue weighted by Gasteiger charge is -2.39. The van der Waals surface area contributed by atoms with E-state index in [0.29, 0.717) is 60.9 Å². The molecule has 36 heavy (non-hydrogen) atoms. The number of aromatic nitrogens is 2. The number of sulfonamides is 1. The molecule has 0 unspecified atom stereocenters. The van der Waals surface area contributed by atoms with Crippen molar-refractivity contribution in [3.63, 3.8) is 0 Å². The van der Waals surface area contributed by atoms with Gasteiger partial charge in [0.25, 0.3) is 5.56 Å². The number of aromatic amines is 1. The molecule has 0 atom stereocenters. The lowest BCUT2D eigenvalue weighted by atomic mass is 9.73. The van der Waals surface area contributed by atoms with Crippen LogP contribution < -0.4 is 29.7 Å². The molecule has 1 aromatic heterocycles. The van der Waals surface area contributed by atoms with Crippen molar-refractivity contribution in [1.29, 1.82) is 0 Å². The molecule has 11 nitrogen and oxygen atoms in total. The molecular weight excluding hydrogens is 491 g/mol. The smallest absolute Gasteiger partial charge is 0.257 e. The Morgan fingerprint density at radius 1 is 1.19 bits per heavy atom. The van der Waals surface area contributed by atoms with Gasteiger partial charge < -0.3 is 19.4 Å². The van der Waals surface area contributed by atoms with Crippen LogP contribution in [0.15, 0.2) is 16.9 Å². The van der Waals surface area contributed by atoms with Crippen molar-refractivity contribution in [3.05, 3.63) is 39.4 Å². The molecule has 3 aliphatic rings. The minimum absolute atomic E-state index is 0.0270. The standard InChI is InChI=1S/C23H29FN6O5S/c1-25-36(33,34)13-35-14-11-16(24)18-17(12-14)29(3)21(32)23(18)6-9-30(10-7-23)22-26-19-15(20(31)27-22)5-4-8-28(19)2/h11-12,25H,4-10,13H2,1-3H3,(H,26,27,31). The summed E-state index contributed by atoms with van der Waals surface area (Å²) in [5.74, 6) is -0.336. The molecule has 0 radical (unpaired) electrons. The highest BCUT2D eigenvalue weighted by Gasteiger charge is 2.53. The van der Waals surface area contributed by atoms with Crippen molar-refractivity contribution in [3.8, 4) is 5.75 Å². The normalized spacial score (nSPS) is 19.0. The fourth-order valence-electron chi connectivity index (χ4n) is 5.46. The van der Waals surface area contributed by atoms with Crippen molar-refractivity contribution < 1.29 is 22.3 Å². The van der Waals surface area contributed by atoms with Gasteiger partial charge in [-0.05, 0) is 32.7 Å². The summed E-state index contributed by atoms with van der Waals surface area (Å²) in [6.07, 6.45) is 2.27. The van der Waals surface area contributed by atoms with E-state index < -0.39 is 27.2 Å². The van der Waals surface area contributed by atoms with Gasteiger partial charge in [0, 0.05) is 51.4 Å². The van der Waals surface area contributed by atoms with Crippen LogP contribution in [0.5, 0.6) is 5.75 Å². The maximum Gasteiger partial charge on any atom is 0.257 e. The van der Waals surface area contributed by atoms with E-state index in [1.54, 1.807) is 7.05 Å². The summed E-state index contributed by atoms with van der Waals surface area (Å²) in [6.45, 7) is 1.64. The first-order valence-corrected chi connectivity index (χ1v) is 13.5. The number of amides is 1. The van der Waals surface area contributed by atoms with Crippen LogP contribution in [0.4, 0.5) is 21.8 Å². The van der Waals surface area contributed by atoms with Crippen LogP contribution in [0.3, 0.4) is 0 Å². The Kier molecular flexibility index (Phi) is 5.94. The number of hydrogen-bond donors (Lipinski definition) is 2. The average molecular weight is 521 g/mol. The lowest BCUT2D eigenvalue weighted by molar-refractivity contribution is -0.123. The lowest BCUT2D eigenvalue weighted by Crippen LogP contribution is -2.49. The van der Waals surface area contributed by atoms with Gasteiger partial charge in [-0.15, -0.1) is 0 Å². The summed E-state index contributed by atoms with van der Waals surface area (Å²) in [5.41, 5.74) is 0.149. The largest absolute Gasteiger partial charge is 0.476 e. The number of nitrogens with zero attached hydrogens (tertiary/aromatic N) is 4. The third-order valence-electron chi connectivity index (χ3n) is 7.47. The fraction of sp³-hybridized carbons (Fsp3) is 0.522. The van der Waals surface area contributed by atoms with Crippen LogP contribution in [0.2, 0.25) is 0 Å². The van der Waals surface area contributed by atoms with Crippen molar-refractivity contribution in [2.24, 2.45) is 0 Å². The van der Waals surface area contributed by atoms with Gasteiger partial charge in [0.1, 0.15) is 17.4 Å². The van der Waals surface area contributed by atoms with Crippen LogP contribution in [0.1, 0.15) is 30.4 Å². The molecule has 0 saturated carbocycles. The number of halogens is 1. The molecule has 2 N–H and O–H groups in total. The molecule has 1 saturated heterocycles. The number of carbonyl (C=O) groups excluding carboxylic acids is 1. The maximum atomic E-state index is 15.4. The zero-order valence-corrected chi connectivity index (χ0v) is 21.2. The van der Waals surface area contributed by atoms with Crippen LogP contribution in [0.25, 0.3) is 0 Å². The zero-order valence-electron chi connectivity index (χ0n) is 20.4. The number of ether oxygens (including phenoxy) is 1. The Hall–Kier alpha value is -3.19. The number of piperidine rings is 1. The van der Waals surface area contributed by atoms with Gasteiger partial charge in [0.2, 0.25) is 27.8 Å². The topological polar surface area (TPSA) is 128 Å². The number of benzene rings is 1. The second-order valence-electron chi connectivity index (χ2n) is 9.53. The van der Waals surface area contributed by atoms with Crippen molar-refractivity contribution >= 4 is 33.4 Å². The molecule has 4 heterocycles. The third kappa shape index (κ3) is 3.90. The van der Waals surface area contributed by atoms with Gasteiger partial charge in [-0.3, -0.25) is 14.6 Å². The van der Waals surface area contributed by atoms with Crippen LogP contribution in [-0.2, 0) is 26.7 Å². The summed E-state index contributed by atoms with van der Waals surface area (Å²) in [7, 11) is 1.10. The predicted molar refractivity (Wildman–Crippen MR) is 133 cm³/mol. The van der Waals surface area contributed by atoms with Gasteiger partial charge in [0.05, 0.1) is 16.7 Å². The highest BCUT2D eigenvalue weighted by molar-refractivity contribution is 7.89. The summed E-state index contributed by atoms with van der Waals surface area (Å²) in [5, 5.41) is 0. The Morgan fingerprint density at radius 2 is 1.92 bits per heavy atom. The Labute approximate surface area is 208 Å². The van der Waals surface area contributed by atoms with E-state index in [2.05, 4.69) is 9.71 Å². The molecule has 13 heteroatoms. The number of carbonyl (C=O) groups is 1. The molecule has 3 aliphatic heterocycles. The first-order chi connectivity index (χ1) is 17.1. The van der Waals surface area contributed by atoms with Gasteiger partial charge in [0.15, 0.2) is 0 Å². The molecule has 194 valence electrons. The average Bonchev–Trinajstić information content (AvgIpc) is 3.06. The molecule has 1 aromatic carbocycles. The molecule has 1 spiro atoms. The summed E-state index contributed by atoms with van der Waals surface area (Å²) in [4.78, 5) is 39.0. The number of fused-ring (bicyclic) bond motifs is 3. The summed E-state index contributed by atoms with van der Waals surface area (Å²) in [6, 6.07) is 2.63. The highest BCUT2D eigenvalue weighted by Crippen LogP contribution is 2.50. The van der Waals surface area contributed by atoms with Crippen molar-refractivity contribution in [2.45, 2.75) is 31.1 Å². The molecule has 0 aliphatic carbocycles. The quantitative estimate of drug-likeness (QED) is 0.590. The van der Waals surface area contributed by atoms with Gasteiger partial charge >= 0.3 is 0 Å². The van der Waals surface area contributed by atoms with Crippen LogP contribution >= 0.6 is 0 Å². The number of anilines is 3. The van der Waals surface area contributed by atoms with Gasteiger partial charge in [-0.25, -0.2) is 17.5 Å². The van der Waals surface area contributed by atoms with E-state index in [9.17, 15) is 18.0 Å². The molecule has 1 amide bonds. The van der Waals surface area contributed by atoms with E-state index in [1.807, 2.05) is 16.8 Å². The highest BCUT2D eigenvalue weighted by atomic mass is 32.2.